The Bertz CT molecular complexity index is 3550. The molecule has 0 aliphatic heterocycles. The van der Waals surface area contributed by atoms with Gasteiger partial charge in [-0.1, -0.05) is 232 Å². The lowest BCUT2D eigenvalue weighted by atomic mass is 9.55. The molecule has 9 aromatic carbocycles. The van der Waals surface area contributed by atoms with E-state index in [0.717, 1.165) is 0 Å². The first kappa shape index (κ1) is 38.9. The van der Waals surface area contributed by atoms with E-state index in [-0.39, 0.29) is 17.4 Å². The van der Waals surface area contributed by atoms with E-state index in [9.17, 15) is 0 Å². The molecule has 314 valence electrons. The number of hydrogen-bond donors (Lipinski definition) is 0. The van der Waals surface area contributed by atoms with E-state index in [1.165, 1.54) is 104 Å². The number of benzene rings is 9. The fourth-order valence-corrected chi connectivity index (χ4v) is 13.4. The van der Waals surface area contributed by atoms with Gasteiger partial charge in [0.25, 0.3) is 0 Å². The van der Waals surface area contributed by atoms with Gasteiger partial charge in [-0.25, -0.2) is 0 Å². The van der Waals surface area contributed by atoms with Crippen molar-refractivity contribution >= 4 is 42.9 Å². The number of anilines is 2. The van der Waals surface area contributed by atoms with Crippen LogP contribution in [0.15, 0.2) is 237 Å². The van der Waals surface area contributed by atoms with Crippen LogP contribution in [-0.4, -0.2) is 6.04 Å². The first-order valence-electron chi connectivity index (χ1n) is 23.3. The average Bonchev–Trinajstić information content (AvgIpc) is 3.91. The van der Waals surface area contributed by atoms with Crippen LogP contribution in [0.4, 0.5) is 11.4 Å². The van der Waals surface area contributed by atoms with Gasteiger partial charge in [0.05, 0.1) is 21.8 Å². The van der Waals surface area contributed by atoms with Crippen LogP contribution in [0.5, 0.6) is 0 Å². The minimum Gasteiger partial charge on any atom is -0.332 e. The van der Waals surface area contributed by atoms with Gasteiger partial charge < -0.3 is 4.90 Å². The van der Waals surface area contributed by atoms with Crippen molar-refractivity contribution in [2.45, 2.75) is 36.6 Å². The van der Waals surface area contributed by atoms with Crippen molar-refractivity contribution in [2.24, 2.45) is 0 Å². The molecule has 1 nitrogen and oxygen atoms in total. The molecule has 3 aliphatic rings. The number of fused-ring (bicyclic) bond motifs is 12. The third kappa shape index (κ3) is 5.52. The smallest absolute Gasteiger partial charge is 0.0720 e. The van der Waals surface area contributed by atoms with E-state index >= 15 is 0 Å². The van der Waals surface area contributed by atoms with Crippen molar-refractivity contribution in [3.8, 4) is 33.4 Å². The molecule has 0 fully saturated rings. The van der Waals surface area contributed by atoms with E-state index < -0.39 is 5.41 Å². The average molecular weight is 862 g/mol. The van der Waals surface area contributed by atoms with Crippen molar-refractivity contribution in [1.29, 1.82) is 0 Å². The molecule has 1 aromatic heterocycles. The Hall–Kier alpha value is -7.52. The molecule has 3 aliphatic carbocycles. The maximum Gasteiger partial charge on any atom is 0.0720 e. The van der Waals surface area contributed by atoms with Gasteiger partial charge in [0.15, 0.2) is 0 Å². The second-order valence-corrected chi connectivity index (χ2v) is 19.7. The van der Waals surface area contributed by atoms with Crippen LogP contribution in [0.1, 0.15) is 58.7 Å². The quantitative estimate of drug-likeness (QED) is 0.161. The number of allylic oxidation sites excluding steroid dienone is 2. The first-order chi connectivity index (χ1) is 32.5. The SMILES string of the molecule is CC1(C)c2ccccc2C2(c3ccccc3-c3c(N(c4cccc5c4sc4ccccc45)C4C=CC=CC4c4ccccc4-c4ccccc4-c4ccccc4)cccc32)c2ccccc21. The Labute approximate surface area is 391 Å². The van der Waals surface area contributed by atoms with Crippen molar-refractivity contribution in [1.82, 2.24) is 0 Å². The molecule has 0 N–H and O–H groups in total. The molecule has 13 rings (SSSR count). The summed E-state index contributed by atoms with van der Waals surface area (Å²) < 4.78 is 2.61. The summed E-state index contributed by atoms with van der Waals surface area (Å²) in [6.07, 6.45) is 9.44. The highest BCUT2D eigenvalue weighted by Crippen LogP contribution is 2.64. The molecular formula is C64H47NS. The molecule has 10 aromatic rings. The van der Waals surface area contributed by atoms with Gasteiger partial charge in [-0.2, -0.15) is 0 Å². The Morgan fingerprint density at radius 2 is 0.955 bits per heavy atom. The molecule has 2 atom stereocenters. The fourth-order valence-electron chi connectivity index (χ4n) is 12.2. The summed E-state index contributed by atoms with van der Waals surface area (Å²) in [5.74, 6) is 0.0121. The first-order valence-corrected chi connectivity index (χ1v) is 24.1. The zero-order valence-electron chi connectivity index (χ0n) is 37.0. The minimum absolute atomic E-state index is 0.0121. The predicted octanol–water partition coefficient (Wildman–Crippen LogP) is 16.8. The lowest BCUT2D eigenvalue weighted by molar-refractivity contribution is 0.563. The Kier molecular flexibility index (Phi) is 8.85. The van der Waals surface area contributed by atoms with E-state index in [1.54, 1.807) is 0 Å². The standard InChI is InChI=1S/C64H47NS/c1-63(2)52-33-14-16-35-54(52)64(55-36-17-15-34-53(55)63)51-32-13-10-30-50(51)61-56(64)37-21-39-58(61)65(59-40-20-31-49-48-29-12-19-41-60(48)66-62(49)59)57-38-18-11-28-47(57)46-27-9-8-26-45(46)44-25-7-6-24-43(44)42-22-4-3-5-23-42/h3-41,47,57H,1-2H3. The molecule has 0 saturated carbocycles. The zero-order chi connectivity index (χ0) is 44.0. The van der Waals surface area contributed by atoms with Crippen molar-refractivity contribution < 1.29 is 0 Å². The van der Waals surface area contributed by atoms with Crippen LogP contribution in [0.3, 0.4) is 0 Å². The van der Waals surface area contributed by atoms with Crippen molar-refractivity contribution in [3.05, 3.63) is 276 Å². The van der Waals surface area contributed by atoms with E-state index in [0.29, 0.717) is 0 Å². The van der Waals surface area contributed by atoms with Crippen molar-refractivity contribution in [3.63, 3.8) is 0 Å². The minimum atomic E-state index is -0.505. The van der Waals surface area contributed by atoms with E-state index in [2.05, 4.69) is 255 Å². The molecule has 1 heterocycles. The highest BCUT2D eigenvalue weighted by molar-refractivity contribution is 7.26. The van der Waals surface area contributed by atoms with Gasteiger partial charge in [0.1, 0.15) is 0 Å². The normalized spacial score (nSPS) is 17.1. The van der Waals surface area contributed by atoms with Gasteiger partial charge in [-0.3, -0.25) is 0 Å². The third-order valence-electron chi connectivity index (χ3n) is 15.0. The van der Waals surface area contributed by atoms with Crippen LogP contribution in [0.25, 0.3) is 53.6 Å². The van der Waals surface area contributed by atoms with Crippen LogP contribution >= 0.6 is 11.3 Å². The summed E-state index contributed by atoms with van der Waals surface area (Å²) in [5, 5.41) is 2.60. The Morgan fingerprint density at radius 1 is 0.409 bits per heavy atom. The van der Waals surface area contributed by atoms with Gasteiger partial charge in [-0.05, 0) is 85.0 Å². The molecule has 0 saturated heterocycles. The maximum absolute atomic E-state index is 2.72. The van der Waals surface area contributed by atoms with Crippen LogP contribution < -0.4 is 4.90 Å². The largest absolute Gasteiger partial charge is 0.332 e. The topological polar surface area (TPSA) is 3.24 Å². The molecule has 0 radical (unpaired) electrons. The number of hydrogen-bond acceptors (Lipinski definition) is 2. The lowest BCUT2D eigenvalue weighted by Gasteiger charge is -2.46. The highest BCUT2D eigenvalue weighted by atomic mass is 32.1. The monoisotopic (exact) mass is 861 g/mol. The third-order valence-corrected chi connectivity index (χ3v) is 16.2. The molecule has 66 heavy (non-hydrogen) atoms. The van der Waals surface area contributed by atoms with E-state index in [4.69, 9.17) is 0 Å². The molecule has 2 heteroatoms. The van der Waals surface area contributed by atoms with Gasteiger partial charge in [0, 0.05) is 38.1 Å². The Balaban J connectivity index is 1.10. The van der Waals surface area contributed by atoms with Crippen LogP contribution in [0, 0.1) is 0 Å². The maximum atomic E-state index is 2.72. The number of rotatable bonds is 6. The second-order valence-electron chi connectivity index (χ2n) is 18.6. The summed E-state index contributed by atoms with van der Waals surface area (Å²) in [7, 11) is 0. The summed E-state index contributed by atoms with van der Waals surface area (Å²) in [5.41, 5.74) is 18.9. The molecule has 1 spiro atoms. The summed E-state index contributed by atoms with van der Waals surface area (Å²) in [6.45, 7) is 4.81. The van der Waals surface area contributed by atoms with Crippen molar-refractivity contribution in [2.75, 3.05) is 4.90 Å². The summed E-state index contributed by atoms with van der Waals surface area (Å²) in [6, 6.07) is 79.7. The van der Waals surface area contributed by atoms with Crippen LogP contribution in [0.2, 0.25) is 0 Å². The van der Waals surface area contributed by atoms with E-state index in [1.807, 2.05) is 11.3 Å². The molecule has 2 unspecified atom stereocenters. The summed E-state index contributed by atoms with van der Waals surface area (Å²) >= 11 is 1.91. The summed E-state index contributed by atoms with van der Waals surface area (Å²) in [4.78, 5) is 2.72. The predicted molar refractivity (Wildman–Crippen MR) is 279 cm³/mol. The van der Waals surface area contributed by atoms with Gasteiger partial charge >= 0.3 is 0 Å². The molecule has 0 bridgehead atoms. The van der Waals surface area contributed by atoms with Crippen LogP contribution in [-0.2, 0) is 10.8 Å². The lowest BCUT2D eigenvalue weighted by Crippen LogP contribution is -2.40. The number of nitrogens with zero attached hydrogens (tertiary/aromatic N) is 1. The zero-order valence-corrected chi connectivity index (χ0v) is 37.8. The fraction of sp³-hybridized carbons (Fsp3) is 0.0938. The molecule has 0 amide bonds. The van der Waals surface area contributed by atoms with Gasteiger partial charge in [0.2, 0.25) is 0 Å². The van der Waals surface area contributed by atoms with Gasteiger partial charge in [-0.15, -0.1) is 11.3 Å². The second kappa shape index (κ2) is 15.0. The Morgan fingerprint density at radius 3 is 1.73 bits per heavy atom. The molecular weight excluding hydrogens is 815 g/mol. The highest BCUT2D eigenvalue weighted by Gasteiger charge is 2.54. The number of thiophene rings is 1.